The highest BCUT2D eigenvalue weighted by Gasteiger charge is 2.17. The monoisotopic (exact) mass is 325 g/mol. The quantitative estimate of drug-likeness (QED) is 0.846. The minimum atomic E-state index is -0.198. The van der Waals surface area contributed by atoms with Crippen LogP contribution in [0.15, 0.2) is 41.7 Å². The fourth-order valence-corrected chi connectivity index (χ4v) is 3.24. The molecule has 1 aromatic heterocycles. The molecule has 0 bridgehead atoms. The Hall–Kier alpha value is -2.27. The summed E-state index contributed by atoms with van der Waals surface area (Å²) in [6.07, 6.45) is 11.5. The molecule has 2 aromatic rings. The maximum Gasteiger partial charge on any atom is 0.150 e. The lowest BCUT2D eigenvalue weighted by Gasteiger charge is -2.22. The molecule has 2 aliphatic heterocycles. The summed E-state index contributed by atoms with van der Waals surface area (Å²) in [5.74, 6) is -0.198. The predicted octanol–water partition coefficient (Wildman–Crippen LogP) is 4.25. The van der Waals surface area contributed by atoms with Crippen molar-refractivity contribution < 1.29 is 9.13 Å². The van der Waals surface area contributed by atoms with Gasteiger partial charge < -0.3 is 4.74 Å². The van der Waals surface area contributed by atoms with Crippen molar-refractivity contribution in [1.82, 2.24) is 9.78 Å². The zero-order valence-corrected chi connectivity index (χ0v) is 13.5. The number of allylic oxidation sites excluding steroid dienone is 1. The summed E-state index contributed by atoms with van der Waals surface area (Å²) in [4.78, 5) is 4.15. The van der Waals surface area contributed by atoms with Crippen LogP contribution < -0.4 is 0 Å². The Labute approximate surface area is 140 Å². The Bertz CT molecular complexity index is 788. The van der Waals surface area contributed by atoms with Crippen LogP contribution in [0.25, 0.3) is 16.7 Å². The van der Waals surface area contributed by atoms with E-state index in [9.17, 15) is 4.39 Å². The molecule has 1 unspecified atom stereocenters. The van der Waals surface area contributed by atoms with Crippen molar-refractivity contribution in [3.05, 3.63) is 48.0 Å². The molecule has 1 atom stereocenters. The highest BCUT2D eigenvalue weighted by molar-refractivity contribution is 5.82. The molecule has 0 saturated carbocycles. The summed E-state index contributed by atoms with van der Waals surface area (Å²) in [7, 11) is 0. The van der Waals surface area contributed by atoms with Crippen molar-refractivity contribution in [2.45, 2.75) is 31.9 Å². The third kappa shape index (κ3) is 3.04. The van der Waals surface area contributed by atoms with Crippen LogP contribution in [0.1, 0.15) is 37.5 Å². The normalized spacial score (nSPS) is 20.9. The van der Waals surface area contributed by atoms with E-state index in [0.29, 0.717) is 18.5 Å². The minimum absolute atomic E-state index is 0.00306. The first-order valence-electron chi connectivity index (χ1n) is 8.44. The Morgan fingerprint density at radius 1 is 1.21 bits per heavy atom. The highest BCUT2D eigenvalue weighted by atomic mass is 19.1. The van der Waals surface area contributed by atoms with Crippen molar-refractivity contribution in [3.8, 4) is 11.1 Å². The lowest BCUT2D eigenvalue weighted by atomic mass is 9.98. The number of benzene rings is 1. The summed E-state index contributed by atoms with van der Waals surface area (Å²) in [5.41, 5.74) is 3.41. The summed E-state index contributed by atoms with van der Waals surface area (Å²) in [5, 5.41) is 4.40. The fraction of sp³-hybridized carbons (Fsp3) is 0.368. The second kappa shape index (κ2) is 6.69. The van der Waals surface area contributed by atoms with Gasteiger partial charge in [0, 0.05) is 36.6 Å². The van der Waals surface area contributed by atoms with Gasteiger partial charge in [0.1, 0.15) is 12.0 Å². The van der Waals surface area contributed by atoms with Gasteiger partial charge in [-0.2, -0.15) is 5.10 Å². The van der Waals surface area contributed by atoms with Crippen LogP contribution in [0.3, 0.4) is 0 Å². The molecule has 4 rings (SSSR count). The molecule has 0 amide bonds. The molecule has 0 N–H and O–H groups in total. The number of hydrogen-bond donors (Lipinski definition) is 0. The van der Waals surface area contributed by atoms with Crippen LogP contribution in [-0.4, -0.2) is 29.1 Å². The summed E-state index contributed by atoms with van der Waals surface area (Å²) < 4.78 is 22.1. The molecule has 0 spiro atoms. The topological polar surface area (TPSA) is 39.4 Å². The van der Waals surface area contributed by atoms with Gasteiger partial charge in [0.05, 0.1) is 12.7 Å². The molecule has 5 heteroatoms. The van der Waals surface area contributed by atoms with Gasteiger partial charge in [-0.25, -0.2) is 9.07 Å². The molecule has 0 radical (unpaired) electrons. The van der Waals surface area contributed by atoms with E-state index in [4.69, 9.17) is 4.74 Å². The van der Waals surface area contributed by atoms with E-state index in [2.05, 4.69) is 10.1 Å². The van der Waals surface area contributed by atoms with E-state index < -0.39 is 0 Å². The van der Waals surface area contributed by atoms with Crippen LogP contribution >= 0.6 is 0 Å². The average molecular weight is 325 g/mol. The summed E-state index contributed by atoms with van der Waals surface area (Å²) >= 11 is 0. The molecule has 24 heavy (non-hydrogen) atoms. The summed E-state index contributed by atoms with van der Waals surface area (Å²) in [6, 6.07) is 5.39. The van der Waals surface area contributed by atoms with Gasteiger partial charge in [-0.05, 0) is 36.5 Å². The van der Waals surface area contributed by atoms with E-state index >= 15 is 0 Å². The highest BCUT2D eigenvalue weighted by Crippen LogP contribution is 2.29. The van der Waals surface area contributed by atoms with Gasteiger partial charge in [0.15, 0.2) is 0 Å². The standard InChI is InChI=1S/C19H20FN3O/c20-18-11-15(4-5-17(18)14-6-8-21-9-7-14)16-12-22-23(13-16)19-3-1-2-10-24-19/h4-6,9,11-13,19H,1-3,7-8,10H2. The molecule has 3 heterocycles. The van der Waals surface area contributed by atoms with Crippen molar-refractivity contribution in [2.75, 3.05) is 13.2 Å². The second-order valence-corrected chi connectivity index (χ2v) is 6.21. The minimum Gasteiger partial charge on any atom is -0.357 e. The number of ether oxygens (including phenoxy) is 1. The third-order valence-corrected chi connectivity index (χ3v) is 4.58. The maximum absolute atomic E-state index is 14.5. The Balaban J connectivity index is 1.57. The molecule has 4 nitrogen and oxygen atoms in total. The van der Waals surface area contributed by atoms with E-state index in [0.717, 1.165) is 42.6 Å². The van der Waals surface area contributed by atoms with E-state index in [1.165, 1.54) is 0 Å². The smallest absolute Gasteiger partial charge is 0.150 e. The number of nitrogens with zero attached hydrogens (tertiary/aromatic N) is 3. The molecular weight excluding hydrogens is 305 g/mol. The van der Waals surface area contributed by atoms with Crippen molar-refractivity contribution in [2.24, 2.45) is 4.99 Å². The van der Waals surface area contributed by atoms with Crippen LogP contribution in [-0.2, 0) is 4.74 Å². The van der Waals surface area contributed by atoms with E-state index in [1.807, 2.05) is 35.3 Å². The van der Waals surface area contributed by atoms with Crippen molar-refractivity contribution in [1.29, 1.82) is 0 Å². The van der Waals surface area contributed by atoms with E-state index in [1.54, 1.807) is 12.3 Å². The maximum atomic E-state index is 14.5. The zero-order chi connectivity index (χ0) is 16.4. The van der Waals surface area contributed by atoms with Crippen LogP contribution in [0.4, 0.5) is 4.39 Å². The van der Waals surface area contributed by atoms with Gasteiger partial charge in [0.2, 0.25) is 0 Å². The number of aromatic nitrogens is 2. The van der Waals surface area contributed by atoms with Gasteiger partial charge in [-0.3, -0.25) is 4.99 Å². The Morgan fingerprint density at radius 2 is 2.17 bits per heavy atom. The fourth-order valence-electron chi connectivity index (χ4n) is 3.24. The van der Waals surface area contributed by atoms with Crippen LogP contribution in [0.2, 0.25) is 0 Å². The number of rotatable bonds is 3. The average Bonchev–Trinajstić information content (AvgIpc) is 3.13. The van der Waals surface area contributed by atoms with Crippen molar-refractivity contribution >= 4 is 11.8 Å². The zero-order valence-electron chi connectivity index (χ0n) is 13.5. The first-order valence-corrected chi connectivity index (χ1v) is 8.44. The van der Waals surface area contributed by atoms with Crippen LogP contribution in [0, 0.1) is 5.82 Å². The molecule has 1 saturated heterocycles. The largest absolute Gasteiger partial charge is 0.357 e. The Kier molecular flexibility index (Phi) is 4.26. The lowest BCUT2D eigenvalue weighted by molar-refractivity contribution is -0.0394. The number of halogens is 1. The first kappa shape index (κ1) is 15.3. The second-order valence-electron chi connectivity index (χ2n) is 6.21. The third-order valence-electron chi connectivity index (χ3n) is 4.58. The van der Waals surface area contributed by atoms with Crippen molar-refractivity contribution in [3.63, 3.8) is 0 Å². The van der Waals surface area contributed by atoms with Gasteiger partial charge >= 0.3 is 0 Å². The number of dihydropyridines is 1. The molecule has 124 valence electrons. The molecule has 1 aromatic carbocycles. The molecule has 1 fully saturated rings. The lowest BCUT2D eigenvalue weighted by Crippen LogP contribution is -2.18. The van der Waals surface area contributed by atoms with Crippen LogP contribution in [0.5, 0.6) is 0 Å². The van der Waals surface area contributed by atoms with Gasteiger partial charge in [-0.1, -0.05) is 18.2 Å². The first-order chi connectivity index (χ1) is 11.8. The number of aliphatic imine (C=N–C) groups is 1. The Morgan fingerprint density at radius 3 is 2.92 bits per heavy atom. The molecular formula is C19H20FN3O. The summed E-state index contributed by atoms with van der Waals surface area (Å²) in [6.45, 7) is 1.41. The van der Waals surface area contributed by atoms with Gasteiger partial charge in [0.25, 0.3) is 0 Å². The predicted molar refractivity (Wildman–Crippen MR) is 92.4 cm³/mol. The SMILES string of the molecule is Fc1cc(-c2cnn(C3CCCCO3)c2)ccc1C1=CCN=CC1. The molecule has 2 aliphatic rings. The number of hydrogen-bond acceptors (Lipinski definition) is 3. The molecule has 0 aliphatic carbocycles. The van der Waals surface area contributed by atoms with E-state index in [-0.39, 0.29) is 12.0 Å². The van der Waals surface area contributed by atoms with Gasteiger partial charge in [-0.15, -0.1) is 0 Å².